The lowest BCUT2D eigenvalue weighted by Crippen LogP contribution is -2.34. The highest BCUT2D eigenvalue weighted by atomic mass is 35.5. The van der Waals surface area contributed by atoms with Gasteiger partial charge >= 0.3 is 0 Å². The Morgan fingerprint density at radius 1 is 1.28 bits per heavy atom. The number of likely N-dealkylation sites (tertiary alicyclic amines) is 1. The van der Waals surface area contributed by atoms with E-state index in [1.807, 2.05) is 39.9 Å². The maximum Gasteiger partial charge on any atom is 0.257 e. The number of halogens is 1. The third-order valence-corrected chi connectivity index (χ3v) is 5.26. The molecule has 2 fully saturated rings. The molecule has 0 bridgehead atoms. The SMILES string of the molecule is CC1CC(CN)CN1C(=O)c1cnn(-c2ccccc2)c1C1CC1.Cl. The molecule has 4 rings (SSSR count). The molecule has 2 aliphatic rings. The third-order valence-electron chi connectivity index (χ3n) is 5.26. The number of hydrogen-bond acceptors (Lipinski definition) is 3. The molecule has 134 valence electrons. The van der Waals surface area contributed by atoms with Crippen molar-refractivity contribution in [1.82, 2.24) is 14.7 Å². The van der Waals surface area contributed by atoms with Crippen LogP contribution in [0.1, 0.15) is 48.2 Å². The minimum atomic E-state index is 0. The first-order chi connectivity index (χ1) is 11.7. The van der Waals surface area contributed by atoms with E-state index in [0.717, 1.165) is 42.8 Å². The van der Waals surface area contributed by atoms with Gasteiger partial charge in [-0.3, -0.25) is 4.79 Å². The first kappa shape index (κ1) is 18.0. The lowest BCUT2D eigenvalue weighted by atomic mass is 10.1. The van der Waals surface area contributed by atoms with Gasteiger partial charge in [-0.1, -0.05) is 18.2 Å². The van der Waals surface area contributed by atoms with Gasteiger partial charge in [0.2, 0.25) is 0 Å². The van der Waals surface area contributed by atoms with E-state index in [4.69, 9.17) is 5.73 Å². The highest BCUT2D eigenvalue weighted by Gasteiger charge is 2.37. The maximum atomic E-state index is 13.1. The molecule has 2 heterocycles. The molecule has 1 saturated carbocycles. The van der Waals surface area contributed by atoms with Crippen LogP contribution in [-0.4, -0.2) is 39.7 Å². The van der Waals surface area contributed by atoms with Gasteiger partial charge in [-0.15, -0.1) is 12.4 Å². The number of para-hydroxylation sites is 1. The molecule has 2 atom stereocenters. The Bertz CT molecular complexity index is 741. The zero-order chi connectivity index (χ0) is 16.7. The quantitative estimate of drug-likeness (QED) is 0.911. The lowest BCUT2D eigenvalue weighted by molar-refractivity contribution is 0.0742. The first-order valence-corrected chi connectivity index (χ1v) is 8.83. The molecule has 5 nitrogen and oxygen atoms in total. The summed E-state index contributed by atoms with van der Waals surface area (Å²) in [6.07, 6.45) is 5.03. The van der Waals surface area contributed by atoms with E-state index in [1.165, 1.54) is 0 Å². The van der Waals surface area contributed by atoms with Crippen LogP contribution >= 0.6 is 12.4 Å². The Hall–Kier alpha value is -1.85. The van der Waals surface area contributed by atoms with Crippen molar-refractivity contribution in [3.8, 4) is 5.69 Å². The van der Waals surface area contributed by atoms with E-state index in [1.54, 1.807) is 6.20 Å². The van der Waals surface area contributed by atoms with E-state index in [-0.39, 0.29) is 24.4 Å². The van der Waals surface area contributed by atoms with E-state index in [0.29, 0.717) is 18.4 Å². The summed E-state index contributed by atoms with van der Waals surface area (Å²) in [5.41, 5.74) is 8.68. The maximum absolute atomic E-state index is 13.1. The number of rotatable bonds is 4. The minimum absolute atomic E-state index is 0. The number of hydrogen-bond donors (Lipinski definition) is 1. The molecule has 1 amide bonds. The number of carbonyl (C=O) groups is 1. The third kappa shape index (κ3) is 3.31. The fourth-order valence-electron chi connectivity index (χ4n) is 3.80. The van der Waals surface area contributed by atoms with Gasteiger partial charge < -0.3 is 10.6 Å². The molecule has 0 spiro atoms. The van der Waals surface area contributed by atoms with Crippen molar-refractivity contribution in [1.29, 1.82) is 0 Å². The van der Waals surface area contributed by atoms with E-state index in [9.17, 15) is 4.79 Å². The number of carbonyl (C=O) groups excluding carboxylic acids is 1. The van der Waals surface area contributed by atoms with Crippen LogP contribution in [0.3, 0.4) is 0 Å². The van der Waals surface area contributed by atoms with Gasteiger partial charge in [-0.25, -0.2) is 4.68 Å². The van der Waals surface area contributed by atoms with E-state index < -0.39 is 0 Å². The molecule has 1 aromatic carbocycles. The zero-order valence-electron chi connectivity index (χ0n) is 14.5. The summed E-state index contributed by atoms with van der Waals surface area (Å²) in [5.74, 6) is 0.981. The number of benzene rings is 1. The predicted molar refractivity (Wildman–Crippen MR) is 100 cm³/mol. The fourth-order valence-corrected chi connectivity index (χ4v) is 3.80. The summed E-state index contributed by atoms with van der Waals surface area (Å²) in [6.45, 7) is 3.52. The van der Waals surface area contributed by atoms with Crippen LogP contribution in [0.4, 0.5) is 0 Å². The minimum Gasteiger partial charge on any atom is -0.335 e. The summed E-state index contributed by atoms with van der Waals surface area (Å²) in [7, 11) is 0. The zero-order valence-corrected chi connectivity index (χ0v) is 15.3. The molecule has 2 aromatic rings. The van der Waals surface area contributed by atoms with Crippen LogP contribution < -0.4 is 5.73 Å². The second-order valence-corrected chi connectivity index (χ2v) is 7.11. The average molecular weight is 361 g/mol. The molecule has 0 radical (unpaired) electrons. The van der Waals surface area contributed by atoms with E-state index in [2.05, 4.69) is 12.0 Å². The second-order valence-electron chi connectivity index (χ2n) is 7.11. The molecule has 1 aliphatic carbocycles. The van der Waals surface area contributed by atoms with E-state index >= 15 is 0 Å². The van der Waals surface area contributed by atoms with Gasteiger partial charge in [0, 0.05) is 18.5 Å². The molecule has 6 heteroatoms. The Labute approximate surface area is 154 Å². The molecule has 2 unspecified atom stereocenters. The number of amides is 1. The van der Waals surface area contributed by atoms with Crippen molar-refractivity contribution >= 4 is 18.3 Å². The van der Waals surface area contributed by atoms with Crippen LogP contribution in [0.15, 0.2) is 36.5 Å². The highest BCUT2D eigenvalue weighted by Crippen LogP contribution is 2.43. The van der Waals surface area contributed by atoms with Crippen LogP contribution in [0.5, 0.6) is 0 Å². The molecule has 1 saturated heterocycles. The normalized spacial score (nSPS) is 22.7. The smallest absolute Gasteiger partial charge is 0.257 e. The fraction of sp³-hybridized carbons (Fsp3) is 0.474. The van der Waals surface area contributed by atoms with Crippen molar-refractivity contribution in [3.63, 3.8) is 0 Å². The van der Waals surface area contributed by atoms with Gasteiger partial charge in [0.1, 0.15) is 0 Å². The summed E-state index contributed by atoms with van der Waals surface area (Å²) in [5, 5.41) is 4.55. The number of aromatic nitrogens is 2. The van der Waals surface area contributed by atoms with Crippen molar-refractivity contribution in [2.45, 2.75) is 38.1 Å². The summed E-state index contributed by atoms with van der Waals surface area (Å²) >= 11 is 0. The van der Waals surface area contributed by atoms with Gasteiger partial charge in [-0.2, -0.15) is 5.10 Å². The topological polar surface area (TPSA) is 64.2 Å². The molecular weight excluding hydrogens is 336 g/mol. The second kappa shape index (κ2) is 7.18. The molecule has 1 aliphatic heterocycles. The van der Waals surface area contributed by atoms with Crippen molar-refractivity contribution in [2.75, 3.05) is 13.1 Å². The van der Waals surface area contributed by atoms with Crippen LogP contribution in [0.2, 0.25) is 0 Å². The lowest BCUT2D eigenvalue weighted by Gasteiger charge is -2.21. The Morgan fingerprint density at radius 2 is 2.00 bits per heavy atom. The monoisotopic (exact) mass is 360 g/mol. The summed E-state index contributed by atoms with van der Waals surface area (Å²) in [6, 6.07) is 10.3. The Balaban J connectivity index is 0.00000182. The molecule has 1 aromatic heterocycles. The largest absolute Gasteiger partial charge is 0.335 e. The standard InChI is InChI=1S/C19H24N4O.ClH/c1-13-9-14(10-20)12-22(13)19(24)17-11-21-23(18(17)15-7-8-15)16-5-3-2-4-6-16;/h2-6,11,13-15H,7-10,12,20H2,1H3;1H. The van der Waals surface area contributed by atoms with Crippen LogP contribution in [-0.2, 0) is 0 Å². The van der Waals surface area contributed by atoms with Crippen LogP contribution in [0.25, 0.3) is 5.69 Å². The van der Waals surface area contributed by atoms with Gasteiger partial charge in [0.25, 0.3) is 5.91 Å². The predicted octanol–water partition coefficient (Wildman–Crippen LogP) is 2.98. The molecule has 2 N–H and O–H groups in total. The van der Waals surface area contributed by atoms with Crippen molar-refractivity contribution < 1.29 is 4.79 Å². The summed E-state index contributed by atoms with van der Waals surface area (Å²) in [4.78, 5) is 15.1. The first-order valence-electron chi connectivity index (χ1n) is 8.83. The van der Waals surface area contributed by atoms with Gasteiger partial charge in [0.15, 0.2) is 0 Å². The Kier molecular flexibility index (Phi) is 5.16. The van der Waals surface area contributed by atoms with Crippen LogP contribution in [0, 0.1) is 5.92 Å². The molecule has 25 heavy (non-hydrogen) atoms. The van der Waals surface area contributed by atoms with Gasteiger partial charge in [-0.05, 0) is 50.8 Å². The summed E-state index contributed by atoms with van der Waals surface area (Å²) < 4.78 is 1.95. The van der Waals surface area contributed by atoms with Gasteiger partial charge in [0.05, 0.1) is 23.1 Å². The van der Waals surface area contributed by atoms with Crippen molar-refractivity contribution in [3.05, 3.63) is 47.8 Å². The number of nitrogens with two attached hydrogens (primary N) is 1. The van der Waals surface area contributed by atoms with Crippen molar-refractivity contribution in [2.24, 2.45) is 11.7 Å². The Morgan fingerprint density at radius 3 is 2.60 bits per heavy atom. The highest BCUT2D eigenvalue weighted by molar-refractivity contribution is 5.96. The number of nitrogens with zero attached hydrogens (tertiary/aromatic N) is 3. The average Bonchev–Trinajstić information content (AvgIpc) is 3.24. The molecular formula is C19H25ClN4O.